The minimum atomic E-state index is -0.532. The zero-order chi connectivity index (χ0) is 22.5. The summed E-state index contributed by atoms with van der Waals surface area (Å²) in [4.78, 5) is 29.8. The van der Waals surface area contributed by atoms with E-state index < -0.39 is 4.92 Å². The highest BCUT2D eigenvalue weighted by molar-refractivity contribution is 5.95. The van der Waals surface area contributed by atoms with Gasteiger partial charge in [0.1, 0.15) is 18.3 Å². The maximum Gasteiger partial charge on any atom is 0.295 e. The summed E-state index contributed by atoms with van der Waals surface area (Å²) in [7, 11) is 0. The summed E-state index contributed by atoms with van der Waals surface area (Å²) in [6, 6.07) is 12.5. The van der Waals surface area contributed by atoms with E-state index >= 15 is 0 Å². The van der Waals surface area contributed by atoms with Crippen LogP contribution in [0.25, 0.3) is 5.69 Å². The van der Waals surface area contributed by atoms with E-state index in [-0.39, 0.29) is 22.8 Å². The Hall–Kier alpha value is -3.59. The van der Waals surface area contributed by atoms with Crippen molar-refractivity contribution in [2.24, 2.45) is 5.92 Å². The zero-order valence-corrected chi connectivity index (χ0v) is 18.0. The highest BCUT2D eigenvalue weighted by Crippen LogP contribution is 2.23. The SMILES string of the molecule is CC1CCCN(Cc2ccc(CNC(=O)c3ccc(-n4cncn4)c([N+](=O)[O-])c3)cc2)C1. The molecule has 166 valence electrons. The second-order valence-electron chi connectivity index (χ2n) is 8.28. The molecule has 1 atom stereocenters. The molecule has 2 heterocycles. The molecule has 9 nitrogen and oxygen atoms in total. The molecule has 1 unspecified atom stereocenters. The van der Waals surface area contributed by atoms with Gasteiger partial charge in [0.25, 0.3) is 11.6 Å². The van der Waals surface area contributed by atoms with Crippen LogP contribution in [0.15, 0.2) is 55.1 Å². The summed E-state index contributed by atoms with van der Waals surface area (Å²) >= 11 is 0. The van der Waals surface area contributed by atoms with E-state index in [1.165, 1.54) is 47.9 Å². The number of nitro groups is 1. The van der Waals surface area contributed by atoms with Crippen LogP contribution < -0.4 is 5.32 Å². The molecule has 0 aliphatic carbocycles. The second kappa shape index (κ2) is 9.69. The smallest absolute Gasteiger partial charge is 0.295 e. The van der Waals surface area contributed by atoms with E-state index in [4.69, 9.17) is 0 Å². The molecule has 1 aromatic heterocycles. The molecule has 32 heavy (non-hydrogen) atoms. The monoisotopic (exact) mass is 434 g/mol. The standard InChI is InChI=1S/C23H26N6O3/c1-17-3-2-10-27(13-17)14-19-6-4-18(5-7-19)12-25-23(30)20-8-9-21(22(11-20)29(31)32)28-16-24-15-26-28/h4-9,11,15-17H,2-3,10,12-14H2,1H3,(H,25,30). The number of carbonyl (C=O) groups is 1. The van der Waals surface area contributed by atoms with Crippen molar-refractivity contribution < 1.29 is 9.72 Å². The molecule has 4 rings (SSSR count). The Balaban J connectivity index is 1.37. The molecule has 1 N–H and O–H groups in total. The number of nitro benzene ring substituents is 1. The number of rotatable bonds is 7. The Morgan fingerprint density at radius 2 is 2.00 bits per heavy atom. The predicted molar refractivity (Wildman–Crippen MR) is 119 cm³/mol. The number of hydrogen-bond donors (Lipinski definition) is 1. The van der Waals surface area contributed by atoms with Gasteiger partial charge in [-0.1, -0.05) is 31.2 Å². The fourth-order valence-corrected chi connectivity index (χ4v) is 4.07. The molecule has 9 heteroatoms. The van der Waals surface area contributed by atoms with Gasteiger partial charge < -0.3 is 5.32 Å². The van der Waals surface area contributed by atoms with Gasteiger partial charge >= 0.3 is 0 Å². The van der Waals surface area contributed by atoms with Crippen LogP contribution in [-0.4, -0.2) is 43.6 Å². The van der Waals surface area contributed by atoms with Crippen LogP contribution in [0.2, 0.25) is 0 Å². The van der Waals surface area contributed by atoms with E-state index in [0.717, 1.165) is 31.1 Å². The fraction of sp³-hybridized carbons (Fsp3) is 0.348. The van der Waals surface area contributed by atoms with Crippen LogP contribution >= 0.6 is 0 Å². The fourth-order valence-electron chi connectivity index (χ4n) is 4.07. The van der Waals surface area contributed by atoms with Crippen molar-refractivity contribution in [3.63, 3.8) is 0 Å². The van der Waals surface area contributed by atoms with Crippen molar-refractivity contribution in [1.29, 1.82) is 0 Å². The normalized spacial score (nSPS) is 16.6. The Morgan fingerprint density at radius 3 is 2.69 bits per heavy atom. The van der Waals surface area contributed by atoms with E-state index in [1.54, 1.807) is 6.07 Å². The largest absolute Gasteiger partial charge is 0.348 e. The Bertz CT molecular complexity index is 1080. The maximum atomic E-state index is 12.6. The number of nitrogens with one attached hydrogen (secondary N) is 1. The highest BCUT2D eigenvalue weighted by atomic mass is 16.6. The maximum absolute atomic E-state index is 12.6. The first-order valence-corrected chi connectivity index (χ1v) is 10.7. The van der Waals surface area contributed by atoms with E-state index in [2.05, 4.69) is 39.4 Å². The van der Waals surface area contributed by atoms with Gasteiger partial charge in [0, 0.05) is 31.3 Å². The van der Waals surface area contributed by atoms with Crippen LogP contribution in [0.5, 0.6) is 0 Å². The molecular formula is C23H26N6O3. The lowest BCUT2D eigenvalue weighted by Crippen LogP contribution is -2.33. The second-order valence-corrected chi connectivity index (χ2v) is 8.28. The molecule has 2 aromatic carbocycles. The van der Waals surface area contributed by atoms with Crippen molar-refractivity contribution in [3.8, 4) is 5.69 Å². The lowest BCUT2D eigenvalue weighted by Gasteiger charge is -2.30. The van der Waals surface area contributed by atoms with Crippen LogP contribution in [0.3, 0.4) is 0 Å². The summed E-state index contributed by atoms with van der Waals surface area (Å²) in [5, 5.41) is 18.2. The molecule has 1 aliphatic rings. The minimum Gasteiger partial charge on any atom is -0.348 e. The van der Waals surface area contributed by atoms with Gasteiger partial charge in [-0.15, -0.1) is 0 Å². The summed E-state index contributed by atoms with van der Waals surface area (Å²) in [5.74, 6) is 0.379. The summed E-state index contributed by atoms with van der Waals surface area (Å²) in [6.07, 6.45) is 5.23. The number of piperidine rings is 1. The zero-order valence-electron chi connectivity index (χ0n) is 18.0. The van der Waals surface area contributed by atoms with E-state index in [1.807, 2.05) is 12.1 Å². The first-order valence-electron chi connectivity index (χ1n) is 10.7. The number of aromatic nitrogens is 3. The number of benzene rings is 2. The van der Waals surface area contributed by atoms with Gasteiger partial charge in [0.2, 0.25) is 0 Å². The lowest BCUT2D eigenvalue weighted by molar-refractivity contribution is -0.384. The quantitative estimate of drug-likeness (QED) is 0.452. The molecule has 0 saturated carbocycles. The molecule has 0 radical (unpaired) electrons. The van der Waals surface area contributed by atoms with Crippen LogP contribution in [0.1, 0.15) is 41.3 Å². The van der Waals surface area contributed by atoms with Gasteiger partial charge in [-0.05, 0) is 48.6 Å². The minimum absolute atomic E-state index is 0.209. The average Bonchev–Trinajstić information content (AvgIpc) is 3.33. The third-order valence-electron chi connectivity index (χ3n) is 5.72. The number of nitrogens with zero attached hydrogens (tertiary/aromatic N) is 5. The third-order valence-corrected chi connectivity index (χ3v) is 5.72. The molecule has 3 aromatic rings. The van der Waals surface area contributed by atoms with Crippen molar-refractivity contribution in [1.82, 2.24) is 25.0 Å². The number of likely N-dealkylation sites (tertiary alicyclic amines) is 1. The van der Waals surface area contributed by atoms with Gasteiger partial charge in [-0.2, -0.15) is 5.10 Å². The van der Waals surface area contributed by atoms with Crippen LogP contribution in [0, 0.1) is 16.0 Å². The molecule has 1 fully saturated rings. The van der Waals surface area contributed by atoms with E-state index in [0.29, 0.717) is 6.54 Å². The lowest BCUT2D eigenvalue weighted by atomic mass is 9.99. The van der Waals surface area contributed by atoms with Gasteiger partial charge in [0.05, 0.1) is 4.92 Å². The van der Waals surface area contributed by atoms with E-state index in [9.17, 15) is 14.9 Å². The number of hydrogen-bond acceptors (Lipinski definition) is 6. The summed E-state index contributed by atoms with van der Waals surface area (Å²) < 4.78 is 1.30. The molecular weight excluding hydrogens is 408 g/mol. The van der Waals surface area contributed by atoms with Crippen molar-refractivity contribution in [2.45, 2.75) is 32.9 Å². The third kappa shape index (κ3) is 5.17. The van der Waals surface area contributed by atoms with Crippen molar-refractivity contribution in [3.05, 3.63) is 81.9 Å². The van der Waals surface area contributed by atoms with Crippen molar-refractivity contribution in [2.75, 3.05) is 13.1 Å². The number of amides is 1. The van der Waals surface area contributed by atoms with Gasteiger partial charge in [0.15, 0.2) is 0 Å². The summed E-state index contributed by atoms with van der Waals surface area (Å²) in [6.45, 7) is 5.87. The molecule has 0 bridgehead atoms. The molecule has 1 aliphatic heterocycles. The highest BCUT2D eigenvalue weighted by Gasteiger charge is 2.19. The van der Waals surface area contributed by atoms with Gasteiger partial charge in [-0.3, -0.25) is 19.8 Å². The Morgan fingerprint density at radius 1 is 1.22 bits per heavy atom. The predicted octanol–water partition coefficient (Wildman–Crippen LogP) is 3.34. The molecule has 1 saturated heterocycles. The first-order chi connectivity index (χ1) is 15.5. The van der Waals surface area contributed by atoms with Crippen molar-refractivity contribution >= 4 is 11.6 Å². The molecule has 0 spiro atoms. The molecule has 1 amide bonds. The Labute approximate surface area is 186 Å². The van der Waals surface area contributed by atoms with Crippen LogP contribution in [-0.2, 0) is 13.1 Å². The summed E-state index contributed by atoms with van der Waals surface area (Å²) in [5.41, 5.74) is 2.50. The van der Waals surface area contributed by atoms with Gasteiger partial charge in [-0.25, -0.2) is 9.67 Å². The Kier molecular flexibility index (Phi) is 6.55. The topological polar surface area (TPSA) is 106 Å². The number of carbonyl (C=O) groups excluding carboxylic acids is 1. The average molecular weight is 435 g/mol. The first kappa shape index (κ1) is 21.6. The van der Waals surface area contributed by atoms with Crippen LogP contribution in [0.4, 0.5) is 5.69 Å².